The summed E-state index contributed by atoms with van der Waals surface area (Å²) in [5.74, 6) is -0.574. The average Bonchev–Trinajstić information content (AvgIpc) is 3.53. The molecule has 0 atom stereocenters. The number of hydrogen-bond acceptors (Lipinski definition) is 12. The van der Waals surface area contributed by atoms with Crippen LogP contribution in [-0.2, 0) is 33.8 Å². The number of anilines is 2. The molecule has 0 radical (unpaired) electrons. The van der Waals surface area contributed by atoms with Crippen molar-refractivity contribution in [3.8, 4) is 5.95 Å². The normalized spacial score (nSPS) is 12.1. The molecule has 0 aliphatic rings. The zero-order chi connectivity index (χ0) is 44.8. The Morgan fingerprint density at radius 2 is 1.35 bits per heavy atom. The summed E-state index contributed by atoms with van der Waals surface area (Å²) in [7, 11) is -4.39. The molecule has 0 aliphatic carbocycles. The van der Waals surface area contributed by atoms with Gasteiger partial charge in [0.15, 0.2) is 0 Å². The van der Waals surface area contributed by atoms with Gasteiger partial charge in [0.25, 0.3) is 10.0 Å². The molecule has 326 valence electrons. The molecule has 0 fully saturated rings. The molecule has 3 amide bonds. The van der Waals surface area contributed by atoms with Gasteiger partial charge in [-0.25, -0.2) is 32.7 Å². The lowest BCUT2D eigenvalue weighted by atomic mass is 10.2. The number of carbonyl (C=O) groups is 4. The number of hydrogen-bond donors (Lipinski definition) is 0. The number of sulfonamides is 1. The highest BCUT2D eigenvalue weighted by atomic mass is 35.5. The van der Waals surface area contributed by atoms with Gasteiger partial charge >= 0.3 is 24.2 Å². The molecule has 19 heteroatoms. The second kappa shape index (κ2) is 19.1. The van der Waals surface area contributed by atoms with Crippen molar-refractivity contribution < 1.29 is 46.5 Å². The van der Waals surface area contributed by atoms with Gasteiger partial charge < -0.3 is 18.9 Å². The van der Waals surface area contributed by atoms with Gasteiger partial charge in [0.05, 0.1) is 29.3 Å². The largest absolute Gasteiger partial charge is 0.464 e. The Hall–Kier alpha value is -5.13. The molecule has 2 heterocycles. The van der Waals surface area contributed by atoms with Crippen LogP contribution in [0.5, 0.6) is 0 Å². The van der Waals surface area contributed by atoms with E-state index in [1.54, 1.807) is 91.3 Å². The van der Waals surface area contributed by atoms with Crippen LogP contribution < -0.4 is 9.21 Å². The van der Waals surface area contributed by atoms with Gasteiger partial charge in [-0.2, -0.15) is 4.98 Å². The van der Waals surface area contributed by atoms with Crippen LogP contribution in [0.2, 0.25) is 10.0 Å². The summed E-state index contributed by atoms with van der Waals surface area (Å²) in [6.45, 7) is 15.8. The molecule has 2 aromatic carbocycles. The molecule has 0 N–H and O–H groups in total. The molecule has 0 unspecified atom stereocenters. The van der Waals surface area contributed by atoms with Gasteiger partial charge in [-0.1, -0.05) is 36.5 Å². The van der Waals surface area contributed by atoms with E-state index < -0.39 is 57.6 Å². The highest BCUT2D eigenvalue weighted by molar-refractivity contribution is 7.92. The number of aromatic nitrogens is 3. The van der Waals surface area contributed by atoms with Crippen molar-refractivity contribution in [1.29, 1.82) is 0 Å². The van der Waals surface area contributed by atoms with E-state index in [9.17, 15) is 27.6 Å². The van der Waals surface area contributed by atoms with E-state index in [4.69, 9.17) is 42.1 Å². The summed E-state index contributed by atoms with van der Waals surface area (Å²) >= 11 is 12.3. The molecule has 4 aromatic rings. The molecule has 0 bridgehead atoms. The number of rotatable bonds is 13. The number of halogens is 2. The monoisotopic (exact) mass is 890 g/mol. The van der Waals surface area contributed by atoms with Crippen molar-refractivity contribution in [2.75, 3.05) is 35.4 Å². The Morgan fingerprint density at radius 1 is 0.767 bits per heavy atom. The van der Waals surface area contributed by atoms with E-state index in [2.05, 4.69) is 9.97 Å². The number of fused-ring (bicyclic) bond motifs is 1. The standard InChI is InChI=1S/C41H52Cl2N6O10S/c1-11-12-21-56-34(50)26-49(60(54,55)31-24-28(42)23-29(43)25-31)30-13-14-32-27(22-30)16-18-46(32)35-44-17-15-33(45-35)47(36(51)57-39(2,3)4)19-20-48(37(52)58-40(5,6)7)38(53)59-41(8,9)10/h13-18,22-25H,11-12,19-21,26H2,1-10H3. The quantitative estimate of drug-likeness (QED) is 0.0707. The third-order valence-corrected chi connectivity index (χ3v) is 10.1. The van der Waals surface area contributed by atoms with Crippen molar-refractivity contribution in [1.82, 2.24) is 19.4 Å². The average molecular weight is 892 g/mol. The predicted octanol–water partition coefficient (Wildman–Crippen LogP) is 9.18. The summed E-state index contributed by atoms with van der Waals surface area (Å²) in [5, 5.41) is 0.726. The highest BCUT2D eigenvalue weighted by Crippen LogP contribution is 2.32. The van der Waals surface area contributed by atoms with Crippen LogP contribution >= 0.6 is 23.2 Å². The minimum Gasteiger partial charge on any atom is -0.464 e. The van der Waals surface area contributed by atoms with Gasteiger partial charge in [0.1, 0.15) is 29.2 Å². The second-order valence-electron chi connectivity index (χ2n) is 16.6. The van der Waals surface area contributed by atoms with E-state index in [-0.39, 0.29) is 52.1 Å². The first-order valence-corrected chi connectivity index (χ1v) is 21.3. The minimum atomic E-state index is -4.39. The first-order valence-electron chi connectivity index (χ1n) is 19.1. The van der Waals surface area contributed by atoms with Crippen molar-refractivity contribution >= 4 is 79.9 Å². The number of amides is 3. The SMILES string of the molecule is CCCCOC(=O)CN(c1ccc2c(ccn2-c2nccc(N(CCN(C(=O)OC(C)(C)C)C(=O)OC(C)(C)C)C(=O)OC(C)(C)C)n2)c1)S(=O)(=O)c1cc(Cl)cc(Cl)c1. The van der Waals surface area contributed by atoms with Crippen LogP contribution in [-0.4, -0.2) is 95.1 Å². The topological polar surface area (TPSA) is 180 Å². The molecular formula is C41H52Cl2N6O10S. The van der Waals surface area contributed by atoms with Crippen LogP contribution in [0.1, 0.15) is 82.1 Å². The van der Waals surface area contributed by atoms with Crippen LogP contribution in [0.25, 0.3) is 16.9 Å². The van der Waals surface area contributed by atoms with E-state index in [1.165, 1.54) is 36.5 Å². The number of benzene rings is 2. The zero-order valence-corrected chi connectivity index (χ0v) is 37.8. The highest BCUT2D eigenvalue weighted by Gasteiger charge is 2.34. The maximum atomic E-state index is 14.1. The fourth-order valence-electron chi connectivity index (χ4n) is 5.39. The van der Waals surface area contributed by atoms with E-state index in [1.807, 2.05) is 6.92 Å². The summed E-state index contributed by atoms with van der Waals surface area (Å²) in [6.07, 6.45) is 1.68. The zero-order valence-electron chi connectivity index (χ0n) is 35.4. The Labute approximate surface area is 360 Å². The summed E-state index contributed by atoms with van der Waals surface area (Å²) in [6, 6.07) is 11.8. The van der Waals surface area contributed by atoms with Gasteiger partial charge in [-0.05, 0) is 117 Å². The Morgan fingerprint density at radius 3 is 1.92 bits per heavy atom. The van der Waals surface area contributed by atoms with Gasteiger partial charge in [0.2, 0.25) is 5.95 Å². The van der Waals surface area contributed by atoms with Crippen LogP contribution in [0.15, 0.2) is 65.8 Å². The lowest BCUT2D eigenvalue weighted by Crippen LogP contribution is -2.48. The number of unbranched alkanes of at least 4 members (excludes halogenated alkanes) is 1. The molecular weight excluding hydrogens is 839 g/mol. The number of esters is 1. The summed E-state index contributed by atoms with van der Waals surface area (Å²) in [5.41, 5.74) is -2.13. The van der Waals surface area contributed by atoms with E-state index >= 15 is 0 Å². The Bertz CT molecular complexity index is 2270. The van der Waals surface area contributed by atoms with Crippen molar-refractivity contribution in [2.45, 2.75) is 104 Å². The first-order chi connectivity index (χ1) is 27.8. The minimum absolute atomic E-state index is 0.0695. The molecule has 60 heavy (non-hydrogen) atoms. The maximum Gasteiger partial charge on any atom is 0.419 e. The number of ether oxygens (including phenoxy) is 4. The lowest BCUT2D eigenvalue weighted by molar-refractivity contribution is -0.141. The molecule has 16 nitrogen and oxygen atoms in total. The third kappa shape index (κ3) is 13.2. The fraction of sp³-hybridized carbons (Fsp3) is 0.463. The van der Waals surface area contributed by atoms with Crippen molar-refractivity contribution in [3.63, 3.8) is 0 Å². The maximum absolute atomic E-state index is 14.1. The van der Waals surface area contributed by atoms with Gasteiger partial charge in [-0.3, -0.25) is 18.6 Å². The molecule has 4 rings (SSSR count). The molecule has 2 aromatic heterocycles. The van der Waals surface area contributed by atoms with Crippen LogP contribution in [0, 0.1) is 0 Å². The summed E-state index contributed by atoms with van der Waals surface area (Å²) in [4.78, 5) is 64.0. The molecule has 0 saturated heterocycles. The van der Waals surface area contributed by atoms with E-state index in [0.29, 0.717) is 17.3 Å². The van der Waals surface area contributed by atoms with Crippen LogP contribution in [0.4, 0.5) is 25.9 Å². The van der Waals surface area contributed by atoms with Crippen molar-refractivity contribution in [2.24, 2.45) is 0 Å². The van der Waals surface area contributed by atoms with E-state index in [0.717, 1.165) is 20.5 Å². The fourth-order valence-corrected chi connectivity index (χ4v) is 7.51. The molecule has 0 spiro atoms. The van der Waals surface area contributed by atoms with Crippen molar-refractivity contribution in [3.05, 3.63) is 71.0 Å². The third-order valence-electron chi connectivity index (χ3n) is 7.93. The second-order valence-corrected chi connectivity index (χ2v) is 19.3. The van der Waals surface area contributed by atoms with Gasteiger partial charge in [-0.15, -0.1) is 0 Å². The predicted molar refractivity (Wildman–Crippen MR) is 228 cm³/mol. The lowest BCUT2D eigenvalue weighted by Gasteiger charge is -2.31. The Balaban J connectivity index is 1.74. The first kappa shape index (κ1) is 47.5. The number of carbonyl (C=O) groups excluding carboxylic acids is 4. The number of nitrogens with zero attached hydrogens (tertiary/aromatic N) is 6. The number of imide groups is 1. The van der Waals surface area contributed by atoms with Crippen LogP contribution in [0.3, 0.4) is 0 Å². The van der Waals surface area contributed by atoms with Gasteiger partial charge in [0, 0.05) is 34.4 Å². The summed E-state index contributed by atoms with van der Waals surface area (Å²) < 4.78 is 52.7. The molecule has 0 saturated carbocycles. The molecule has 0 aliphatic heterocycles. The Kier molecular flexibility index (Phi) is 15.1. The smallest absolute Gasteiger partial charge is 0.419 e.